The Balaban J connectivity index is 1.97. The van der Waals surface area contributed by atoms with Gasteiger partial charge in [0.2, 0.25) is 10.1 Å². The van der Waals surface area contributed by atoms with Gasteiger partial charge in [-0.05, 0) is 19.1 Å². The average molecular weight is 339 g/mol. The van der Waals surface area contributed by atoms with Crippen molar-refractivity contribution >= 4 is 33.0 Å². The Labute approximate surface area is 134 Å². The molecule has 0 spiro atoms. The lowest BCUT2D eigenvalue weighted by atomic mass is 10.2. The number of hydrogen-bond acceptors (Lipinski definition) is 5. The van der Waals surface area contributed by atoms with Gasteiger partial charge in [-0.3, -0.25) is 4.79 Å². The van der Waals surface area contributed by atoms with Gasteiger partial charge < -0.3 is 4.90 Å². The Morgan fingerprint density at radius 2 is 2.23 bits per heavy atom. The van der Waals surface area contributed by atoms with Crippen molar-refractivity contribution < 1.29 is 4.39 Å². The standard InChI is InChI=1S/C14H12ClFN4OS/c1-8-6-12(21)20-13(17-8)22-14(18-20)19(2)7-9-10(15)4-3-5-11(9)16/h3-6H,7H2,1-2H3. The van der Waals surface area contributed by atoms with Crippen LogP contribution in [0.4, 0.5) is 9.52 Å². The molecule has 3 aromatic rings. The Kier molecular flexibility index (Phi) is 3.84. The van der Waals surface area contributed by atoms with E-state index < -0.39 is 0 Å². The number of benzene rings is 1. The molecule has 0 fully saturated rings. The molecule has 0 N–H and O–H groups in total. The summed E-state index contributed by atoms with van der Waals surface area (Å²) in [5.41, 5.74) is 0.796. The SMILES string of the molecule is Cc1cc(=O)n2nc(N(C)Cc3c(F)cccc3Cl)sc2n1. The Bertz CT molecular complexity index is 887. The molecular weight excluding hydrogens is 327 g/mol. The number of halogens is 2. The van der Waals surface area contributed by atoms with Crippen LogP contribution in [0.1, 0.15) is 11.3 Å². The van der Waals surface area contributed by atoms with Gasteiger partial charge in [0, 0.05) is 35.9 Å². The van der Waals surface area contributed by atoms with Gasteiger partial charge in [0.15, 0.2) is 0 Å². The third-order valence-electron chi connectivity index (χ3n) is 3.15. The van der Waals surface area contributed by atoms with E-state index in [4.69, 9.17) is 11.6 Å². The third kappa shape index (κ3) is 2.69. The van der Waals surface area contributed by atoms with Crippen molar-refractivity contribution in [3.05, 3.63) is 56.7 Å². The first-order valence-corrected chi connectivity index (χ1v) is 7.66. The summed E-state index contributed by atoms with van der Waals surface area (Å²) in [4.78, 5) is 18.4. The first-order valence-electron chi connectivity index (χ1n) is 6.47. The van der Waals surface area contributed by atoms with Crippen molar-refractivity contribution in [3.63, 3.8) is 0 Å². The normalized spacial score (nSPS) is 11.1. The van der Waals surface area contributed by atoms with Crippen molar-refractivity contribution in [2.45, 2.75) is 13.5 Å². The highest BCUT2D eigenvalue weighted by atomic mass is 35.5. The van der Waals surface area contributed by atoms with E-state index in [-0.39, 0.29) is 17.9 Å². The number of hydrogen-bond donors (Lipinski definition) is 0. The van der Waals surface area contributed by atoms with E-state index >= 15 is 0 Å². The maximum Gasteiger partial charge on any atom is 0.275 e. The summed E-state index contributed by atoms with van der Waals surface area (Å²) < 4.78 is 15.1. The van der Waals surface area contributed by atoms with Crippen LogP contribution in [0.15, 0.2) is 29.1 Å². The summed E-state index contributed by atoms with van der Waals surface area (Å²) in [5.74, 6) is -0.369. The quantitative estimate of drug-likeness (QED) is 0.737. The fourth-order valence-electron chi connectivity index (χ4n) is 2.05. The first-order chi connectivity index (χ1) is 10.5. The highest BCUT2D eigenvalue weighted by Gasteiger charge is 2.15. The summed E-state index contributed by atoms with van der Waals surface area (Å²) in [7, 11) is 1.76. The molecule has 0 saturated carbocycles. The molecule has 0 radical (unpaired) electrons. The summed E-state index contributed by atoms with van der Waals surface area (Å²) >= 11 is 7.30. The van der Waals surface area contributed by atoms with Crippen molar-refractivity contribution in [2.24, 2.45) is 0 Å². The van der Waals surface area contributed by atoms with Crippen LogP contribution in [-0.2, 0) is 6.54 Å². The molecular formula is C14H12ClFN4OS. The fraction of sp³-hybridized carbons (Fsp3) is 0.214. The molecule has 0 aliphatic rings. The minimum atomic E-state index is -0.369. The van der Waals surface area contributed by atoms with Crippen LogP contribution in [0.3, 0.4) is 0 Å². The number of fused-ring (bicyclic) bond motifs is 1. The molecule has 3 rings (SSSR count). The highest BCUT2D eigenvalue weighted by molar-refractivity contribution is 7.20. The lowest BCUT2D eigenvalue weighted by Gasteiger charge is -2.16. The molecule has 0 bridgehead atoms. The van der Waals surface area contributed by atoms with Gasteiger partial charge in [-0.2, -0.15) is 4.52 Å². The topological polar surface area (TPSA) is 50.5 Å². The Morgan fingerprint density at radius 1 is 1.45 bits per heavy atom. The fourth-order valence-corrected chi connectivity index (χ4v) is 3.19. The van der Waals surface area contributed by atoms with Crippen molar-refractivity contribution in [1.82, 2.24) is 14.6 Å². The minimum absolute atomic E-state index is 0.234. The summed E-state index contributed by atoms with van der Waals surface area (Å²) in [6.07, 6.45) is 0. The monoisotopic (exact) mass is 338 g/mol. The van der Waals surface area contributed by atoms with Crippen molar-refractivity contribution in [2.75, 3.05) is 11.9 Å². The van der Waals surface area contributed by atoms with Crippen LogP contribution in [0.5, 0.6) is 0 Å². The third-order valence-corrected chi connectivity index (χ3v) is 4.52. The lowest BCUT2D eigenvalue weighted by Crippen LogP contribution is -2.19. The van der Waals surface area contributed by atoms with Crippen LogP contribution < -0.4 is 10.5 Å². The van der Waals surface area contributed by atoms with Crippen molar-refractivity contribution in [3.8, 4) is 0 Å². The number of anilines is 1. The van der Waals surface area contributed by atoms with E-state index in [0.29, 0.717) is 26.4 Å². The van der Waals surface area contributed by atoms with Gasteiger partial charge in [0.1, 0.15) is 5.82 Å². The van der Waals surface area contributed by atoms with Crippen LogP contribution in [0.2, 0.25) is 5.02 Å². The van der Waals surface area contributed by atoms with Gasteiger partial charge in [-0.25, -0.2) is 9.37 Å². The largest absolute Gasteiger partial charge is 0.345 e. The molecule has 0 atom stereocenters. The van der Waals surface area contributed by atoms with E-state index in [0.717, 1.165) is 0 Å². The summed E-state index contributed by atoms with van der Waals surface area (Å²) in [6.45, 7) is 2.00. The molecule has 114 valence electrons. The lowest BCUT2D eigenvalue weighted by molar-refractivity contribution is 0.607. The summed E-state index contributed by atoms with van der Waals surface area (Å²) in [6, 6.07) is 5.99. The second-order valence-electron chi connectivity index (χ2n) is 4.87. The molecule has 22 heavy (non-hydrogen) atoms. The molecule has 0 amide bonds. The van der Waals surface area contributed by atoms with Crippen molar-refractivity contribution in [1.29, 1.82) is 0 Å². The number of rotatable bonds is 3. The maximum absolute atomic E-state index is 13.9. The van der Waals surface area contributed by atoms with Gasteiger partial charge in [0.25, 0.3) is 5.56 Å². The highest BCUT2D eigenvalue weighted by Crippen LogP contribution is 2.25. The van der Waals surface area contributed by atoms with E-state index in [1.54, 1.807) is 31.0 Å². The van der Waals surface area contributed by atoms with Gasteiger partial charge in [-0.1, -0.05) is 29.0 Å². The number of nitrogens with zero attached hydrogens (tertiary/aromatic N) is 4. The van der Waals surface area contributed by atoms with E-state index in [9.17, 15) is 9.18 Å². The average Bonchev–Trinajstić information content (AvgIpc) is 2.87. The predicted molar refractivity (Wildman–Crippen MR) is 85.4 cm³/mol. The molecule has 5 nitrogen and oxygen atoms in total. The van der Waals surface area contributed by atoms with Gasteiger partial charge in [-0.15, -0.1) is 5.10 Å². The smallest absolute Gasteiger partial charge is 0.275 e. The molecule has 0 unspecified atom stereocenters. The second-order valence-corrected chi connectivity index (χ2v) is 6.21. The molecule has 0 saturated heterocycles. The molecule has 0 aliphatic heterocycles. The van der Waals surface area contributed by atoms with E-state index in [2.05, 4.69) is 10.1 Å². The Morgan fingerprint density at radius 3 is 2.95 bits per heavy atom. The number of aryl methyl sites for hydroxylation is 1. The number of aromatic nitrogens is 3. The zero-order valence-corrected chi connectivity index (χ0v) is 13.5. The maximum atomic E-state index is 13.9. The minimum Gasteiger partial charge on any atom is -0.345 e. The zero-order chi connectivity index (χ0) is 15.9. The second kappa shape index (κ2) is 5.66. The van der Waals surface area contributed by atoms with Gasteiger partial charge in [0.05, 0.1) is 0 Å². The van der Waals surface area contributed by atoms with Crippen LogP contribution in [0, 0.1) is 12.7 Å². The first kappa shape index (κ1) is 14.9. The van der Waals surface area contributed by atoms with E-state index in [1.165, 1.54) is 28.0 Å². The molecule has 2 heterocycles. The van der Waals surface area contributed by atoms with E-state index in [1.807, 2.05) is 0 Å². The Hall–Kier alpha value is -1.99. The molecule has 0 aliphatic carbocycles. The van der Waals surface area contributed by atoms with Crippen LogP contribution >= 0.6 is 22.9 Å². The predicted octanol–water partition coefficient (Wildman–Crippen LogP) is 2.89. The zero-order valence-electron chi connectivity index (χ0n) is 11.9. The van der Waals surface area contributed by atoms with Gasteiger partial charge >= 0.3 is 0 Å². The van der Waals surface area contributed by atoms with Crippen LogP contribution in [0.25, 0.3) is 4.96 Å². The summed E-state index contributed by atoms with van der Waals surface area (Å²) in [5, 5.41) is 5.15. The molecule has 8 heteroatoms. The molecule has 2 aromatic heterocycles. The van der Waals surface area contributed by atoms with Crippen LogP contribution in [-0.4, -0.2) is 21.6 Å². The molecule has 1 aromatic carbocycles.